The zero-order valence-electron chi connectivity index (χ0n) is 26.1. The summed E-state index contributed by atoms with van der Waals surface area (Å²) in [4.78, 5) is 30.9. The second-order valence-electron chi connectivity index (χ2n) is 13.0. The smallest absolute Gasteiger partial charge is 0.394 e. The van der Waals surface area contributed by atoms with Gasteiger partial charge in [0, 0.05) is 30.3 Å². The average Bonchev–Trinajstić information content (AvgIpc) is 3.70. The second kappa shape index (κ2) is 12.2. The fourth-order valence-corrected chi connectivity index (χ4v) is 7.17. The van der Waals surface area contributed by atoms with Gasteiger partial charge in [-0.1, -0.05) is 36.4 Å². The number of piperidine rings is 1. The molecule has 2 fully saturated rings. The maximum atomic E-state index is 13.4. The standard InChI is InChI=1S/C36H36F3N5O3/c1-21-18-25(22-14-16-43(17-15-22)34(45)24-8-9-24)11-12-28(21)41-30-13-10-23-4-2-5-26(33(23)30)29-6-3-7-32(42-29)44-31(19-36(37,38)39)27(20-40-44)35(46)47/h2-7,11-12,18,20,22,24,30,41H,8-10,13-17,19H2,1H3,(H,46,47). The van der Waals surface area contributed by atoms with Gasteiger partial charge in [-0.3, -0.25) is 4.79 Å². The minimum atomic E-state index is -4.62. The Bertz CT molecular complexity index is 1840. The molecular weight excluding hydrogens is 607 g/mol. The number of carbonyl (C=O) groups excluding carboxylic acids is 1. The Balaban J connectivity index is 1.12. The first-order valence-corrected chi connectivity index (χ1v) is 16.2. The molecule has 0 bridgehead atoms. The van der Waals surface area contributed by atoms with Gasteiger partial charge in [0.2, 0.25) is 5.91 Å². The largest absolute Gasteiger partial charge is 0.478 e. The molecule has 11 heteroatoms. The third-order valence-corrected chi connectivity index (χ3v) is 9.73. The summed E-state index contributed by atoms with van der Waals surface area (Å²) in [6.45, 7) is 3.75. The summed E-state index contributed by atoms with van der Waals surface area (Å²) in [5.74, 6) is -0.336. The maximum absolute atomic E-state index is 13.4. The highest BCUT2D eigenvalue weighted by atomic mass is 19.4. The number of fused-ring (bicyclic) bond motifs is 1. The fraction of sp³-hybridized carbons (Fsp3) is 0.389. The van der Waals surface area contributed by atoms with Crippen molar-refractivity contribution in [3.63, 3.8) is 0 Å². The first-order valence-electron chi connectivity index (χ1n) is 16.2. The van der Waals surface area contributed by atoms with Crippen LogP contribution < -0.4 is 5.32 Å². The van der Waals surface area contributed by atoms with Gasteiger partial charge >= 0.3 is 12.1 Å². The summed E-state index contributed by atoms with van der Waals surface area (Å²) < 4.78 is 41.2. The molecule has 1 unspecified atom stereocenters. The maximum Gasteiger partial charge on any atom is 0.394 e. The number of rotatable bonds is 8. The number of hydrogen-bond acceptors (Lipinski definition) is 5. The van der Waals surface area contributed by atoms with Gasteiger partial charge in [0.05, 0.1) is 30.0 Å². The van der Waals surface area contributed by atoms with E-state index in [0.29, 0.717) is 17.5 Å². The number of hydrogen-bond donors (Lipinski definition) is 2. The van der Waals surface area contributed by atoms with Gasteiger partial charge in [0.15, 0.2) is 5.82 Å². The van der Waals surface area contributed by atoms with E-state index in [9.17, 15) is 27.9 Å². The Morgan fingerprint density at radius 2 is 1.77 bits per heavy atom. The molecule has 0 radical (unpaired) electrons. The fourth-order valence-electron chi connectivity index (χ4n) is 7.17. The van der Waals surface area contributed by atoms with Crippen molar-refractivity contribution in [2.24, 2.45) is 5.92 Å². The van der Waals surface area contributed by atoms with E-state index in [1.54, 1.807) is 6.07 Å². The molecule has 3 aliphatic rings. The predicted octanol–water partition coefficient (Wildman–Crippen LogP) is 7.26. The third-order valence-electron chi connectivity index (χ3n) is 9.73. The number of aromatic nitrogens is 3. The van der Waals surface area contributed by atoms with Crippen LogP contribution in [-0.4, -0.2) is 55.9 Å². The van der Waals surface area contributed by atoms with Crippen molar-refractivity contribution < 1.29 is 27.9 Å². The highest BCUT2D eigenvalue weighted by molar-refractivity contribution is 5.89. The first-order chi connectivity index (χ1) is 22.6. The van der Waals surface area contributed by atoms with Gasteiger partial charge in [-0.05, 0) is 91.8 Å². The summed E-state index contributed by atoms with van der Waals surface area (Å²) in [7, 11) is 0. The van der Waals surface area contributed by atoms with Gasteiger partial charge < -0.3 is 15.3 Å². The molecule has 4 aromatic rings. The van der Waals surface area contributed by atoms with Gasteiger partial charge in [-0.2, -0.15) is 18.3 Å². The monoisotopic (exact) mass is 643 g/mol. The zero-order valence-corrected chi connectivity index (χ0v) is 26.1. The van der Waals surface area contributed by atoms with Crippen molar-refractivity contribution in [3.8, 4) is 17.1 Å². The van der Waals surface area contributed by atoms with Crippen LogP contribution in [0.3, 0.4) is 0 Å². The van der Waals surface area contributed by atoms with Crippen LogP contribution in [0.4, 0.5) is 18.9 Å². The van der Waals surface area contributed by atoms with Crippen LogP contribution in [-0.2, 0) is 17.6 Å². The topological polar surface area (TPSA) is 100 Å². The number of halogens is 3. The van der Waals surface area contributed by atoms with Crippen molar-refractivity contribution >= 4 is 17.6 Å². The van der Waals surface area contributed by atoms with E-state index in [1.165, 1.54) is 17.2 Å². The normalized spacial score (nSPS) is 18.3. The summed E-state index contributed by atoms with van der Waals surface area (Å²) in [6, 6.07) is 17.6. The third kappa shape index (κ3) is 6.35. The van der Waals surface area contributed by atoms with E-state index in [-0.39, 0.29) is 17.8 Å². The number of aryl methyl sites for hydroxylation is 2. The number of anilines is 1. The highest BCUT2D eigenvalue weighted by Gasteiger charge is 2.36. The van der Waals surface area contributed by atoms with Crippen LogP contribution in [0.15, 0.2) is 60.8 Å². The van der Waals surface area contributed by atoms with Crippen LogP contribution >= 0.6 is 0 Å². The van der Waals surface area contributed by atoms with Crippen LogP contribution in [0, 0.1) is 12.8 Å². The molecule has 1 aliphatic heterocycles. The molecule has 1 atom stereocenters. The molecular formula is C36H36F3N5O3. The Morgan fingerprint density at radius 1 is 1.00 bits per heavy atom. The lowest BCUT2D eigenvalue weighted by Crippen LogP contribution is -2.38. The summed E-state index contributed by atoms with van der Waals surface area (Å²) in [5, 5.41) is 17.2. The van der Waals surface area contributed by atoms with Crippen LogP contribution in [0.5, 0.6) is 0 Å². The summed E-state index contributed by atoms with van der Waals surface area (Å²) in [6.07, 6.45) is 0.639. The van der Waals surface area contributed by atoms with E-state index >= 15 is 0 Å². The molecule has 2 N–H and O–H groups in total. The highest BCUT2D eigenvalue weighted by Crippen LogP contribution is 2.41. The Morgan fingerprint density at radius 3 is 2.47 bits per heavy atom. The number of pyridine rings is 1. The molecule has 47 heavy (non-hydrogen) atoms. The van der Waals surface area contributed by atoms with E-state index in [2.05, 4.69) is 41.6 Å². The van der Waals surface area contributed by atoms with Gasteiger partial charge in [0.25, 0.3) is 0 Å². The van der Waals surface area contributed by atoms with Crippen molar-refractivity contribution in [1.82, 2.24) is 19.7 Å². The van der Waals surface area contributed by atoms with Crippen molar-refractivity contribution in [1.29, 1.82) is 0 Å². The lowest BCUT2D eigenvalue weighted by Gasteiger charge is -2.32. The minimum Gasteiger partial charge on any atom is -0.478 e. The van der Waals surface area contributed by atoms with Crippen LogP contribution in [0.25, 0.3) is 17.1 Å². The number of aromatic carboxylic acids is 1. The van der Waals surface area contributed by atoms with Crippen LogP contribution in [0.1, 0.15) is 82.4 Å². The molecule has 1 amide bonds. The van der Waals surface area contributed by atoms with Gasteiger partial charge in [-0.15, -0.1) is 0 Å². The Kier molecular flexibility index (Phi) is 8.01. The predicted molar refractivity (Wildman–Crippen MR) is 171 cm³/mol. The molecule has 1 saturated carbocycles. The first kappa shape index (κ1) is 31.0. The molecule has 244 valence electrons. The van der Waals surface area contributed by atoms with E-state index in [1.807, 2.05) is 23.1 Å². The molecule has 3 heterocycles. The van der Waals surface area contributed by atoms with E-state index in [0.717, 1.165) is 84.9 Å². The minimum absolute atomic E-state index is 0.00279. The van der Waals surface area contributed by atoms with Crippen molar-refractivity contribution in [2.75, 3.05) is 18.4 Å². The Labute approximate surface area is 270 Å². The molecule has 8 nitrogen and oxygen atoms in total. The quantitative estimate of drug-likeness (QED) is 0.210. The van der Waals surface area contributed by atoms with Gasteiger partial charge in [-0.25, -0.2) is 14.5 Å². The van der Waals surface area contributed by atoms with Crippen LogP contribution in [0.2, 0.25) is 0 Å². The molecule has 2 aliphatic carbocycles. The van der Waals surface area contributed by atoms with Gasteiger partial charge in [0.1, 0.15) is 5.56 Å². The lowest BCUT2D eigenvalue weighted by atomic mass is 9.88. The molecule has 0 spiro atoms. The van der Waals surface area contributed by atoms with Crippen molar-refractivity contribution in [3.05, 3.63) is 94.3 Å². The Hall–Kier alpha value is -4.67. The number of benzene rings is 2. The number of carboxylic acids is 1. The average molecular weight is 644 g/mol. The number of alkyl halides is 3. The molecule has 7 rings (SSSR count). The second-order valence-corrected chi connectivity index (χ2v) is 13.0. The number of nitrogens with zero attached hydrogens (tertiary/aromatic N) is 4. The zero-order chi connectivity index (χ0) is 32.9. The number of carboxylic acid groups (broad SMARTS) is 1. The number of likely N-dealkylation sites (tertiary alicyclic amines) is 1. The van der Waals surface area contributed by atoms with Crippen molar-refractivity contribution in [2.45, 2.75) is 70.0 Å². The molecule has 1 saturated heterocycles. The number of nitrogens with one attached hydrogen (secondary N) is 1. The van der Waals surface area contributed by atoms with E-state index < -0.39 is 29.8 Å². The number of carbonyl (C=O) groups is 2. The summed E-state index contributed by atoms with van der Waals surface area (Å²) >= 11 is 0. The molecule has 2 aromatic heterocycles. The SMILES string of the molecule is Cc1cc(C2CCN(C(=O)C3CC3)CC2)ccc1NC1CCc2cccc(-c3cccc(-n4ncc(C(=O)O)c4CC(F)(F)F)n3)c21. The number of amides is 1. The lowest BCUT2D eigenvalue weighted by molar-refractivity contribution is -0.133. The van der Waals surface area contributed by atoms with E-state index in [4.69, 9.17) is 4.98 Å². The molecule has 2 aromatic carbocycles. The summed E-state index contributed by atoms with van der Waals surface area (Å²) in [5.41, 5.74) is 6.22.